The van der Waals surface area contributed by atoms with E-state index in [0.29, 0.717) is 26.4 Å². The molecule has 2 heterocycles. The molecule has 0 bridgehead atoms. The van der Waals surface area contributed by atoms with E-state index in [1.54, 1.807) is 0 Å². The van der Waals surface area contributed by atoms with Gasteiger partial charge in [0.15, 0.2) is 0 Å². The largest absolute Gasteiger partial charge is 0.444 e. The summed E-state index contributed by atoms with van der Waals surface area (Å²) < 4.78 is 30.5. The van der Waals surface area contributed by atoms with Crippen LogP contribution >= 0.6 is 0 Å². The molecule has 1 amide bonds. The zero-order valence-corrected chi connectivity index (χ0v) is 16.5. The van der Waals surface area contributed by atoms with Gasteiger partial charge in [-0.05, 0) is 57.7 Å². The van der Waals surface area contributed by atoms with E-state index in [9.17, 15) is 9.18 Å². The van der Waals surface area contributed by atoms with Crippen LogP contribution in [0.15, 0.2) is 24.3 Å². The van der Waals surface area contributed by atoms with Crippen molar-refractivity contribution in [2.75, 3.05) is 26.4 Å². The maximum absolute atomic E-state index is 13.5. The Hall–Kier alpha value is -1.66. The molecule has 2 aliphatic heterocycles. The van der Waals surface area contributed by atoms with Gasteiger partial charge in [0.05, 0.1) is 12.2 Å². The van der Waals surface area contributed by atoms with Crippen LogP contribution in [0, 0.1) is 5.82 Å². The van der Waals surface area contributed by atoms with E-state index in [-0.39, 0.29) is 16.8 Å². The predicted octanol–water partition coefficient (Wildman–Crippen LogP) is 3.95. The number of carbonyl (C=O) groups is 1. The summed E-state index contributed by atoms with van der Waals surface area (Å²) in [6.07, 6.45) is 2.83. The quantitative estimate of drug-likeness (QED) is 0.861. The van der Waals surface area contributed by atoms with Crippen molar-refractivity contribution in [3.05, 3.63) is 35.6 Å². The number of nitrogens with one attached hydrogen (secondary N) is 1. The second kappa shape index (κ2) is 7.76. The molecule has 5 nitrogen and oxygen atoms in total. The van der Waals surface area contributed by atoms with E-state index in [0.717, 1.165) is 31.2 Å². The van der Waals surface area contributed by atoms with Gasteiger partial charge >= 0.3 is 6.09 Å². The number of hydrogen-bond donors (Lipinski definition) is 1. The van der Waals surface area contributed by atoms with Crippen molar-refractivity contribution in [3.8, 4) is 0 Å². The number of benzene rings is 1. The SMILES string of the molecule is CC(C)(C)OC(=O)NCC[C@]1(c2ccc(F)cc2)CCO[C@]2(CCOC2)C1. The molecule has 0 radical (unpaired) electrons. The molecular weight excluding hydrogens is 349 g/mol. The van der Waals surface area contributed by atoms with Crippen molar-refractivity contribution in [2.45, 2.75) is 63.1 Å². The number of halogens is 1. The summed E-state index contributed by atoms with van der Waals surface area (Å²) in [5, 5.41) is 2.86. The number of alkyl carbamates (subject to hydrolysis) is 1. The molecule has 2 atom stereocenters. The fourth-order valence-corrected chi connectivity index (χ4v) is 4.19. The van der Waals surface area contributed by atoms with Crippen LogP contribution in [0.5, 0.6) is 0 Å². The Morgan fingerprint density at radius 1 is 1.22 bits per heavy atom. The third-order valence-corrected chi connectivity index (χ3v) is 5.44. The minimum absolute atomic E-state index is 0.186. The molecule has 150 valence electrons. The summed E-state index contributed by atoms with van der Waals surface area (Å²) >= 11 is 0. The van der Waals surface area contributed by atoms with Crippen LogP contribution < -0.4 is 5.32 Å². The smallest absolute Gasteiger partial charge is 0.407 e. The maximum atomic E-state index is 13.5. The standard InChI is InChI=1S/C21H30FNO4/c1-19(2,3)27-18(24)23-11-8-20(16-4-6-17(22)7-5-16)9-13-26-21(14-20)10-12-25-15-21/h4-7H,8-15H2,1-3H3,(H,23,24)/t20-,21+/m0/s1. The minimum Gasteiger partial charge on any atom is -0.444 e. The molecule has 0 unspecified atom stereocenters. The molecular formula is C21H30FNO4. The Kier molecular flexibility index (Phi) is 5.77. The van der Waals surface area contributed by atoms with Crippen LogP contribution in [0.2, 0.25) is 0 Å². The lowest BCUT2D eigenvalue weighted by Gasteiger charge is -2.46. The van der Waals surface area contributed by atoms with Crippen molar-refractivity contribution < 1.29 is 23.4 Å². The fraction of sp³-hybridized carbons (Fsp3) is 0.667. The monoisotopic (exact) mass is 379 g/mol. The van der Waals surface area contributed by atoms with Crippen molar-refractivity contribution >= 4 is 6.09 Å². The van der Waals surface area contributed by atoms with Crippen LogP contribution in [0.1, 0.15) is 52.0 Å². The fourth-order valence-electron chi connectivity index (χ4n) is 4.19. The summed E-state index contributed by atoms with van der Waals surface area (Å²) in [4.78, 5) is 12.0. The van der Waals surface area contributed by atoms with Gasteiger partial charge in [0.2, 0.25) is 0 Å². The topological polar surface area (TPSA) is 56.8 Å². The van der Waals surface area contributed by atoms with Gasteiger partial charge in [-0.15, -0.1) is 0 Å². The highest BCUT2D eigenvalue weighted by Crippen LogP contribution is 2.46. The number of rotatable bonds is 4. The Bertz CT molecular complexity index is 649. The first-order chi connectivity index (χ1) is 12.7. The Morgan fingerprint density at radius 3 is 2.59 bits per heavy atom. The molecule has 6 heteroatoms. The molecule has 0 aromatic heterocycles. The zero-order chi connectivity index (χ0) is 19.5. The van der Waals surface area contributed by atoms with Crippen LogP contribution in [-0.4, -0.2) is 43.7 Å². The van der Waals surface area contributed by atoms with E-state index in [1.807, 2.05) is 32.9 Å². The third-order valence-electron chi connectivity index (χ3n) is 5.44. The number of amides is 1. The Balaban J connectivity index is 1.74. The second-order valence-corrected chi connectivity index (χ2v) is 8.73. The average molecular weight is 379 g/mol. The van der Waals surface area contributed by atoms with Crippen LogP contribution in [0.25, 0.3) is 0 Å². The van der Waals surface area contributed by atoms with Gasteiger partial charge < -0.3 is 19.5 Å². The van der Waals surface area contributed by atoms with Gasteiger partial charge in [0.25, 0.3) is 0 Å². The lowest BCUT2D eigenvalue weighted by atomic mass is 9.66. The Labute approximate surface area is 160 Å². The highest BCUT2D eigenvalue weighted by molar-refractivity contribution is 5.67. The third kappa shape index (κ3) is 4.99. The summed E-state index contributed by atoms with van der Waals surface area (Å²) in [5.74, 6) is -0.244. The second-order valence-electron chi connectivity index (χ2n) is 8.73. The van der Waals surface area contributed by atoms with Gasteiger partial charge in [0, 0.05) is 31.6 Å². The maximum Gasteiger partial charge on any atom is 0.407 e. The van der Waals surface area contributed by atoms with Gasteiger partial charge in [-0.25, -0.2) is 9.18 Å². The first-order valence-electron chi connectivity index (χ1n) is 9.67. The molecule has 2 saturated heterocycles. The van der Waals surface area contributed by atoms with E-state index >= 15 is 0 Å². The number of hydrogen-bond acceptors (Lipinski definition) is 4. The molecule has 1 N–H and O–H groups in total. The van der Waals surface area contributed by atoms with Gasteiger partial charge in [0.1, 0.15) is 11.4 Å². The molecule has 2 fully saturated rings. The molecule has 0 saturated carbocycles. The summed E-state index contributed by atoms with van der Waals surface area (Å²) in [6, 6.07) is 6.73. The first kappa shape index (κ1) is 20.1. The average Bonchev–Trinajstić information content (AvgIpc) is 3.01. The van der Waals surface area contributed by atoms with Crippen LogP contribution in [0.3, 0.4) is 0 Å². The Morgan fingerprint density at radius 2 is 1.96 bits per heavy atom. The molecule has 2 aliphatic rings. The molecule has 27 heavy (non-hydrogen) atoms. The molecule has 0 aliphatic carbocycles. The van der Waals surface area contributed by atoms with Crippen LogP contribution in [0.4, 0.5) is 9.18 Å². The summed E-state index contributed by atoms with van der Waals surface area (Å²) in [7, 11) is 0. The number of carbonyl (C=O) groups excluding carboxylic acids is 1. The van der Waals surface area contributed by atoms with E-state index < -0.39 is 11.7 Å². The van der Waals surface area contributed by atoms with E-state index in [2.05, 4.69) is 5.32 Å². The molecule has 1 spiro atoms. The van der Waals surface area contributed by atoms with Crippen molar-refractivity contribution in [3.63, 3.8) is 0 Å². The summed E-state index contributed by atoms with van der Waals surface area (Å²) in [6.45, 7) is 7.94. The van der Waals surface area contributed by atoms with Gasteiger partial charge in [-0.3, -0.25) is 0 Å². The first-order valence-corrected chi connectivity index (χ1v) is 9.67. The van der Waals surface area contributed by atoms with Gasteiger partial charge in [-0.1, -0.05) is 12.1 Å². The highest BCUT2D eigenvalue weighted by atomic mass is 19.1. The van der Waals surface area contributed by atoms with E-state index in [4.69, 9.17) is 14.2 Å². The zero-order valence-electron chi connectivity index (χ0n) is 16.5. The van der Waals surface area contributed by atoms with Crippen molar-refractivity contribution in [2.24, 2.45) is 0 Å². The molecule has 1 aromatic rings. The van der Waals surface area contributed by atoms with E-state index in [1.165, 1.54) is 12.1 Å². The number of ether oxygens (including phenoxy) is 3. The van der Waals surface area contributed by atoms with Crippen molar-refractivity contribution in [1.29, 1.82) is 0 Å². The van der Waals surface area contributed by atoms with Gasteiger partial charge in [-0.2, -0.15) is 0 Å². The molecule has 1 aromatic carbocycles. The van der Waals surface area contributed by atoms with Crippen LogP contribution in [-0.2, 0) is 19.6 Å². The van der Waals surface area contributed by atoms with Crippen molar-refractivity contribution in [1.82, 2.24) is 5.32 Å². The normalized spacial score (nSPS) is 28.3. The minimum atomic E-state index is -0.525. The lowest BCUT2D eigenvalue weighted by molar-refractivity contribution is -0.108. The predicted molar refractivity (Wildman–Crippen MR) is 100 cm³/mol. The highest BCUT2D eigenvalue weighted by Gasteiger charge is 2.48. The molecule has 3 rings (SSSR count). The summed E-state index contributed by atoms with van der Waals surface area (Å²) in [5.41, 5.74) is 0.0973. The lowest BCUT2D eigenvalue weighted by Crippen LogP contribution is -2.49.